The molecule has 0 aliphatic heterocycles. The highest BCUT2D eigenvalue weighted by atomic mass is 32.1. The maximum absolute atomic E-state index is 11.7. The second kappa shape index (κ2) is 6.72. The molecule has 0 unspecified atom stereocenters. The second-order valence-corrected chi connectivity index (χ2v) is 5.65. The lowest BCUT2D eigenvalue weighted by atomic mass is 10.2. The van der Waals surface area contributed by atoms with Gasteiger partial charge in [-0.3, -0.25) is 4.79 Å². The van der Waals surface area contributed by atoms with E-state index in [1.165, 1.54) is 17.2 Å². The van der Waals surface area contributed by atoms with E-state index in [1.54, 1.807) is 6.92 Å². The molecule has 21 heavy (non-hydrogen) atoms. The maximum Gasteiger partial charge on any atom is 0.164 e. The summed E-state index contributed by atoms with van der Waals surface area (Å²) in [6.45, 7) is 9.72. The number of carbonyl (C=O) groups is 1. The van der Waals surface area contributed by atoms with Crippen molar-refractivity contribution >= 4 is 33.7 Å². The fourth-order valence-corrected chi connectivity index (χ4v) is 3.21. The maximum atomic E-state index is 11.7. The van der Waals surface area contributed by atoms with Crippen LogP contribution in [-0.4, -0.2) is 23.2 Å². The van der Waals surface area contributed by atoms with Gasteiger partial charge in [0.1, 0.15) is 5.00 Å². The highest BCUT2D eigenvalue weighted by Crippen LogP contribution is 2.29. The summed E-state index contributed by atoms with van der Waals surface area (Å²) in [7, 11) is 0. The zero-order chi connectivity index (χ0) is 15.4. The van der Waals surface area contributed by atoms with Gasteiger partial charge in [-0.15, -0.1) is 0 Å². The lowest BCUT2D eigenvalue weighted by molar-refractivity contribution is 0.101. The molecule has 2 aromatic rings. The predicted molar refractivity (Wildman–Crippen MR) is 90.1 cm³/mol. The smallest absolute Gasteiger partial charge is 0.164 e. The van der Waals surface area contributed by atoms with Gasteiger partial charge in [-0.05, 0) is 63.5 Å². The van der Waals surface area contributed by atoms with Gasteiger partial charge in [0.05, 0.1) is 11.3 Å². The van der Waals surface area contributed by atoms with Gasteiger partial charge in [0.15, 0.2) is 5.78 Å². The third-order valence-electron chi connectivity index (χ3n) is 3.47. The largest absolute Gasteiger partial charge is 0.372 e. The summed E-state index contributed by atoms with van der Waals surface area (Å²) in [6.07, 6.45) is 0. The van der Waals surface area contributed by atoms with Crippen LogP contribution in [0.4, 0.5) is 16.4 Å². The van der Waals surface area contributed by atoms with Gasteiger partial charge < -0.3 is 10.2 Å². The standard InChI is InChI=1S/C16H21N3OS/c1-5-19(6-2)14-9-7-13(8-10-14)17-16-15(12(4)20)11(3)18-21-16/h7-10,17H,5-6H2,1-4H3. The van der Waals surface area contributed by atoms with Gasteiger partial charge in [0, 0.05) is 24.5 Å². The van der Waals surface area contributed by atoms with E-state index in [1.807, 2.05) is 19.1 Å². The summed E-state index contributed by atoms with van der Waals surface area (Å²) >= 11 is 1.33. The number of aryl methyl sites for hydroxylation is 1. The zero-order valence-corrected chi connectivity index (χ0v) is 13.8. The third kappa shape index (κ3) is 3.42. The SMILES string of the molecule is CCN(CC)c1ccc(Nc2snc(C)c2C(C)=O)cc1. The molecule has 5 heteroatoms. The summed E-state index contributed by atoms with van der Waals surface area (Å²) < 4.78 is 4.26. The van der Waals surface area contributed by atoms with Crippen molar-refractivity contribution in [1.82, 2.24) is 4.37 Å². The lowest BCUT2D eigenvalue weighted by Crippen LogP contribution is -2.21. The molecule has 112 valence electrons. The van der Waals surface area contributed by atoms with Crippen LogP contribution in [0.2, 0.25) is 0 Å². The fourth-order valence-electron chi connectivity index (χ4n) is 2.35. The molecule has 4 nitrogen and oxygen atoms in total. The van der Waals surface area contributed by atoms with Crippen LogP contribution in [0.25, 0.3) is 0 Å². The molecule has 0 spiro atoms. The van der Waals surface area contributed by atoms with E-state index >= 15 is 0 Å². The van der Waals surface area contributed by atoms with Gasteiger partial charge in [0.2, 0.25) is 0 Å². The van der Waals surface area contributed by atoms with Gasteiger partial charge in [-0.25, -0.2) is 0 Å². The number of nitrogens with one attached hydrogen (secondary N) is 1. The number of anilines is 3. The molecule has 1 aromatic carbocycles. The van der Waals surface area contributed by atoms with Crippen LogP contribution in [0, 0.1) is 6.92 Å². The quantitative estimate of drug-likeness (QED) is 0.811. The Kier molecular flexibility index (Phi) is 4.96. The molecule has 2 rings (SSSR count). The average molecular weight is 303 g/mol. The van der Waals surface area contributed by atoms with Crippen molar-refractivity contribution in [2.24, 2.45) is 0 Å². The number of rotatable bonds is 6. The van der Waals surface area contributed by atoms with E-state index in [4.69, 9.17) is 0 Å². The zero-order valence-electron chi connectivity index (χ0n) is 12.9. The number of nitrogens with zero attached hydrogens (tertiary/aromatic N) is 2. The normalized spacial score (nSPS) is 10.5. The minimum absolute atomic E-state index is 0.0449. The van der Waals surface area contributed by atoms with Gasteiger partial charge in [-0.2, -0.15) is 4.37 Å². The average Bonchev–Trinajstić information content (AvgIpc) is 2.83. The summed E-state index contributed by atoms with van der Waals surface area (Å²) in [5.41, 5.74) is 3.65. The van der Waals surface area contributed by atoms with Crippen LogP contribution >= 0.6 is 11.5 Å². The first-order valence-electron chi connectivity index (χ1n) is 7.16. The van der Waals surface area contributed by atoms with E-state index in [0.29, 0.717) is 5.56 Å². The molecule has 0 radical (unpaired) electrons. The lowest BCUT2D eigenvalue weighted by Gasteiger charge is -2.21. The number of hydrogen-bond donors (Lipinski definition) is 1. The van der Waals surface area contributed by atoms with E-state index in [-0.39, 0.29) is 5.78 Å². The first-order valence-corrected chi connectivity index (χ1v) is 7.93. The van der Waals surface area contributed by atoms with Gasteiger partial charge in [-0.1, -0.05) is 0 Å². The van der Waals surface area contributed by atoms with Gasteiger partial charge >= 0.3 is 0 Å². The number of hydrogen-bond acceptors (Lipinski definition) is 5. The Labute approximate surface area is 130 Å². The van der Waals surface area contributed by atoms with Crippen LogP contribution in [-0.2, 0) is 0 Å². The molecule has 0 saturated heterocycles. The number of carbonyl (C=O) groups excluding carboxylic acids is 1. The fraction of sp³-hybridized carbons (Fsp3) is 0.375. The molecule has 0 aliphatic carbocycles. The number of benzene rings is 1. The van der Waals surface area contributed by atoms with Crippen LogP contribution in [0.1, 0.15) is 36.8 Å². The second-order valence-electron chi connectivity index (χ2n) is 4.87. The topological polar surface area (TPSA) is 45.2 Å². The van der Waals surface area contributed by atoms with E-state index in [2.05, 4.69) is 40.6 Å². The van der Waals surface area contributed by atoms with E-state index in [9.17, 15) is 4.79 Å². The summed E-state index contributed by atoms with van der Waals surface area (Å²) in [5.74, 6) is 0.0449. The van der Waals surface area contributed by atoms with Crippen LogP contribution in [0.15, 0.2) is 24.3 Å². The first-order chi connectivity index (χ1) is 10.1. The van der Waals surface area contributed by atoms with Crippen molar-refractivity contribution in [1.29, 1.82) is 0 Å². The Morgan fingerprint density at radius 2 is 1.86 bits per heavy atom. The molecule has 1 heterocycles. The van der Waals surface area contributed by atoms with Crippen molar-refractivity contribution in [2.75, 3.05) is 23.3 Å². The van der Waals surface area contributed by atoms with Crippen molar-refractivity contribution in [2.45, 2.75) is 27.7 Å². The molecule has 0 amide bonds. The Morgan fingerprint density at radius 1 is 1.24 bits per heavy atom. The minimum atomic E-state index is 0.0449. The molecule has 0 fully saturated rings. The molecular formula is C16H21N3OS. The highest BCUT2D eigenvalue weighted by molar-refractivity contribution is 7.10. The summed E-state index contributed by atoms with van der Waals surface area (Å²) in [4.78, 5) is 14.0. The van der Waals surface area contributed by atoms with Crippen molar-refractivity contribution < 1.29 is 4.79 Å². The molecule has 0 saturated carbocycles. The Hall–Kier alpha value is -1.88. The van der Waals surface area contributed by atoms with E-state index < -0.39 is 0 Å². The Balaban J connectivity index is 2.19. The monoisotopic (exact) mass is 303 g/mol. The van der Waals surface area contributed by atoms with Crippen LogP contribution in [0.3, 0.4) is 0 Å². The highest BCUT2D eigenvalue weighted by Gasteiger charge is 2.14. The number of Topliss-reactive ketones (excluding diaryl/α,β-unsaturated/α-hetero) is 1. The minimum Gasteiger partial charge on any atom is -0.372 e. The third-order valence-corrected chi connectivity index (χ3v) is 4.32. The number of aromatic nitrogens is 1. The Bertz CT molecular complexity index is 615. The summed E-state index contributed by atoms with van der Waals surface area (Å²) in [6, 6.07) is 8.26. The predicted octanol–water partition coefficient (Wildman–Crippen LogP) is 4.24. The molecular weight excluding hydrogens is 282 g/mol. The molecule has 0 bridgehead atoms. The molecule has 0 aliphatic rings. The molecule has 1 N–H and O–H groups in total. The van der Waals surface area contributed by atoms with Crippen LogP contribution in [0.5, 0.6) is 0 Å². The first kappa shape index (κ1) is 15.5. The van der Waals surface area contributed by atoms with Crippen molar-refractivity contribution in [3.8, 4) is 0 Å². The van der Waals surface area contributed by atoms with Crippen molar-refractivity contribution in [3.05, 3.63) is 35.5 Å². The van der Waals surface area contributed by atoms with Crippen LogP contribution < -0.4 is 10.2 Å². The van der Waals surface area contributed by atoms with Crippen molar-refractivity contribution in [3.63, 3.8) is 0 Å². The van der Waals surface area contributed by atoms with Gasteiger partial charge in [0.25, 0.3) is 0 Å². The summed E-state index contributed by atoms with van der Waals surface area (Å²) in [5, 5.41) is 4.11. The Morgan fingerprint density at radius 3 is 2.38 bits per heavy atom. The number of ketones is 1. The molecule has 0 atom stereocenters. The van der Waals surface area contributed by atoms with E-state index in [0.717, 1.165) is 29.5 Å². The molecule has 1 aromatic heterocycles.